The summed E-state index contributed by atoms with van der Waals surface area (Å²) in [4.78, 5) is 1.40. The summed E-state index contributed by atoms with van der Waals surface area (Å²) in [5, 5.41) is 3.26. The maximum Gasteiger partial charge on any atom is 0.0994 e. The Bertz CT molecular complexity index is 260. The van der Waals surface area contributed by atoms with Gasteiger partial charge in [-0.15, -0.1) is 25.3 Å². The number of benzene rings is 1. The molecule has 0 aromatic heterocycles. The molecule has 52 valence electrons. The number of hydrogen-bond acceptors (Lipinski definition) is 4. The highest BCUT2D eigenvalue weighted by Crippen LogP contribution is 2.28. The van der Waals surface area contributed by atoms with E-state index in [4.69, 9.17) is 5.53 Å². The third kappa shape index (κ3) is 1.33. The molecule has 0 fully saturated rings. The first-order valence-corrected chi connectivity index (χ1v) is 3.53. The zero-order chi connectivity index (χ0) is 7.56. The molecule has 0 aliphatic carbocycles. The van der Waals surface area contributed by atoms with Crippen LogP contribution in [0.5, 0.6) is 0 Å². The van der Waals surface area contributed by atoms with Crippen LogP contribution in [0.25, 0.3) is 0 Å². The highest BCUT2D eigenvalue weighted by molar-refractivity contribution is 7.83. The molecule has 1 N–H and O–H groups in total. The fraction of sp³-hybridized carbons (Fsp3) is 0. The molecule has 0 bridgehead atoms. The van der Waals surface area contributed by atoms with Crippen LogP contribution in [0.4, 0.5) is 5.69 Å². The molecule has 0 heterocycles. The Morgan fingerprint density at radius 3 is 2.50 bits per heavy atom. The van der Waals surface area contributed by atoms with Crippen molar-refractivity contribution in [3.05, 3.63) is 18.2 Å². The van der Waals surface area contributed by atoms with Gasteiger partial charge in [0.15, 0.2) is 0 Å². The number of thiol groups is 2. The van der Waals surface area contributed by atoms with E-state index in [9.17, 15) is 0 Å². The molecule has 0 saturated carbocycles. The summed E-state index contributed by atoms with van der Waals surface area (Å²) >= 11 is 8.20. The van der Waals surface area contributed by atoms with Crippen LogP contribution in [-0.2, 0) is 0 Å². The second-order valence-electron chi connectivity index (χ2n) is 1.76. The molecule has 0 spiro atoms. The summed E-state index contributed by atoms with van der Waals surface area (Å²) in [6, 6.07) is 5.31. The molecule has 1 aromatic rings. The molecule has 0 aliphatic rings. The maximum atomic E-state index is 6.72. The van der Waals surface area contributed by atoms with Crippen LogP contribution in [-0.4, -0.2) is 0 Å². The van der Waals surface area contributed by atoms with E-state index >= 15 is 0 Å². The predicted octanol–water partition coefficient (Wildman–Crippen LogP) is 2.93. The Hall–Kier alpha value is -0.480. The van der Waals surface area contributed by atoms with Crippen LogP contribution in [0, 0.1) is 5.53 Å². The first kappa shape index (κ1) is 7.63. The normalized spacial score (nSPS) is 9.40. The van der Waals surface area contributed by atoms with Gasteiger partial charge in [0, 0.05) is 9.79 Å². The van der Waals surface area contributed by atoms with Gasteiger partial charge < -0.3 is 0 Å². The number of nitrogens with zero attached hydrogens (tertiary/aromatic N) is 1. The monoisotopic (exact) mass is 170 g/mol. The molecule has 1 aromatic carbocycles. The van der Waals surface area contributed by atoms with Gasteiger partial charge in [0.2, 0.25) is 0 Å². The van der Waals surface area contributed by atoms with Crippen molar-refractivity contribution in [1.82, 2.24) is 0 Å². The average molecular weight is 170 g/mol. The number of rotatable bonds is 1. The van der Waals surface area contributed by atoms with Gasteiger partial charge in [0.1, 0.15) is 0 Å². The van der Waals surface area contributed by atoms with Crippen molar-refractivity contribution in [2.24, 2.45) is 5.11 Å². The topological polar surface area (TPSA) is 36.2 Å². The fourth-order valence-corrected chi connectivity index (χ4v) is 1.01. The van der Waals surface area contributed by atoms with Crippen LogP contribution in [0.15, 0.2) is 33.1 Å². The minimum absolute atomic E-state index is 0.552. The molecule has 1 rings (SSSR count). The molecule has 0 saturated heterocycles. The van der Waals surface area contributed by atoms with Crippen molar-refractivity contribution in [3.8, 4) is 0 Å². The summed E-state index contributed by atoms with van der Waals surface area (Å²) in [6.45, 7) is 0. The highest BCUT2D eigenvalue weighted by atomic mass is 32.1. The van der Waals surface area contributed by atoms with Crippen LogP contribution < -0.4 is 0 Å². The van der Waals surface area contributed by atoms with Crippen molar-refractivity contribution in [1.29, 1.82) is 5.53 Å². The molecule has 2 nitrogen and oxygen atoms in total. The van der Waals surface area contributed by atoms with Crippen molar-refractivity contribution >= 4 is 30.9 Å². The zero-order valence-electron chi connectivity index (χ0n) is 5.07. The van der Waals surface area contributed by atoms with Gasteiger partial charge in [-0.3, -0.25) is 0 Å². The third-order valence-corrected chi connectivity index (χ3v) is 2.13. The van der Waals surface area contributed by atoms with Crippen molar-refractivity contribution in [2.45, 2.75) is 9.79 Å². The van der Waals surface area contributed by atoms with E-state index in [0.717, 1.165) is 4.90 Å². The molecule has 0 unspecified atom stereocenters. The van der Waals surface area contributed by atoms with Crippen LogP contribution in [0.3, 0.4) is 0 Å². The van der Waals surface area contributed by atoms with Crippen LogP contribution >= 0.6 is 25.3 Å². The van der Waals surface area contributed by atoms with Gasteiger partial charge in [-0.2, -0.15) is 5.11 Å². The summed E-state index contributed by atoms with van der Waals surface area (Å²) in [7, 11) is 0. The molecule has 0 amide bonds. The zero-order valence-corrected chi connectivity index (χ0v) is 6.86. The molecule has 0 aliphatic heterocycles. The summed E-state index contributed by atoms with van der Waals surface area (Å²) in [5.41, 5.74) is 7.28. The standard InChI is InChI=1S/C6H6N2S2/c7-8-4-2-1-3-5(9)6(4)10/h1-3,7,9-10H. The average Bonchev–Trinajstić information content (AvgIpc) is 1.95. The number of hydrogen-bond donors (Lipinski definition) is 3. The Kier molecular flexibility index (Phi) is 2.34. The summed E-state index contributed by atoms with van der Waals surface area (Å²) < 4.78 is 0. The smallest absolute Gasteiger partial charge is 0.0994 e. The lowest BCUT2D eigenvalue weighted by Crippen LogP contribution is -1.70. The molecule has 0 radical (unpaired) electrons. The second kappa shape index (κ2) is 3.07. The van der Waals surface area contributed by atoms with E-state index in [1.807, 2.05) is 0 Å². The van der Waals surface area contributed by atoms with Gasteiger partial charge in [0.05, 0.1) is 5.69 Å². The summed E-state index contributed by atoms with van der Waals surface area (Å²) in [6.07, 6.45) is 0. The minimum atomic E-state index is 0.552. The van der Waals surface area contributed by atoms with Crippen molar-refractivity contribution in [3.63, 3.8) is 0 Å². The van der Waals surface area contributed by atoms with Crippen molar-refractivity contribution < 1.29 is 0 Å². The largest absolute Gasteiger partial charge is 0.204 e. The van der Waals surface area contributed by atoms with E-state index in [1.165, 1.54) is 0 Å². The van der Waals surface area contributed by atoms with E-state index in [-0.39, 0.29) is 0 Å². The van der Waals surface area contributed by atoms with Gasteiger partial charge in [-0.25, -0.2) is 5.53 Å². The lowest BCUT2D eigenvalue weighted by Gasteiger charge is -1.98. The molecular formula is C6H6N2S2. The van der Waals surface area contributed by atoms with Gasteiger partial charge >= 0.3 is 0 Å². The SMILES string of the molecule is N=Nc1cccc(S)c1S. The number of nitrogens with one attached hydrogen (secondary N) is 1. The Balaban J connectivity index is 3.27. The van der Waals surface area contributed by atoms with E-state index in [2.05, 4.69) is 30.4 Å². The molecular weight excluding hydrogens is 164 g/mol. The van der Waals surface area contributed by atoms with E-state index < -0.39 is 0 Å². The highest BCUT2D eigenvalue weighted by Gasteiger charge is 1.98. The van der Waals surface area contributed by atoms with Gasteiger partial charge in [0.25, 0.3) is 0 Å². The first-order valence-electron chi connectivity index (χ1n) is 2.64. The Morgan fingerprint density at radius 1 is 1.30 bits per heavy atom. The van der Waals surface area contributed by atoms with E-state index in [0.29, 0.717) is 10.6 Å². The second-order valence-corrected chi connectivity index (χ2v) is 2.69. The Morgan fingerprint density at radius 2 is 2.00 bits per heavy atom. The minimum Gasteiger partial charge on any atom is -0.204 e. The first-order chi connectivity index (χ1) is 4.75. The van der Waals surface area contributed by atoms with Gasteiger partial charge in [-0.05, 0) is 12.1 Å². The molecule has 4 heteroatoms. The lowest BCUT2D eigenvalue weighted by atomic mass is 10.3. The molecule has 10 heavy (non-hydrogen) atoms. The van der Waals surface area contributed by atoms with Crippen LogP contribution in [0.2, 0.25) is 0 Å². The Labute approximate surface area is 70.0 Å². The van der Waals surface area contributed by atoms with Gasteiger partial charge in [-0.1, -0.05) is 6.07 Å². The molecule has 0 atom stereocenters. The quantitative estimate of drug-likeness (QED) is 0.428. The van der Waals surface area contributed by atoms with Crippen molar-refractivity contribution in [2.75, 3.05) is 0 Å². The lowest BCUT2D eigenvalue weighted by molar-refractivity contribution is 1.09. The van der Waals surface area contributed by atoms with Crippen LogP contribution in [0.1, 0.15) is 0 Å². The third-order valence-electron chi connectivity index (χ3n) is 1.11. The summed E-state index contributed by atoms with van der Waals surface area (Å²) in [5.74, 6) is 0. The fourth-order valence-electron chi connectivity index (χ4n) is 0.610. The maximum absolute atomic E-state index is 6.72. The predicted molar refractivity (Wildman–Crippen MR) is 45.8 cm³/mol. The van der Waals surface area contributed by atoms with E-state index in [1.54, 1.807) is 18.2 Å².